The number of phenols is 1. The molecule has 0 aliphatic carbocycles. The number of halogens is 1. The van der Waals surface area contributed by atoms with Gasteiger partial charge in [-0.2, -0.15) is 5.26 Å². The Labute approximate surface area is 173 Å². The fraction of sp³-hybridized carbons (Fsp3) is 0.381. The standard InChI is InChI=1S/C21H24FN3O3S/c1-20(2,3)13-10-14(22)12(8-15(13)26)9-17(27)24-18-7-6-16(29-18)19(28)25-21(4,5)11-23/h6-8,10,26H,9H2,1-5H3,(H,24,27)(H,25,28). The van der Waals surface area contributed by atoms with Gasteiger partial charge in [0.2, 0.25) is 5.91 Å². The van der Waals surface area contributed by atoms with Crippen LogP contribution in [0.5, 0.6) is 5.75 Å². The molecule has 6 nitrogen and oxygen atoms in total. The Hall–Kier alpha value is -2.92. The highest BCUT2D eigenvalue weighted by atomic mass is 32.1. The van der Waals surface area contributed by atoms with Gasteiger partial charge in [0, 0.05) is 11.1 Å². The number of rotatable bonds is 5. The molecule has 0 atom stereocenters. The third kappa shape index (κ3) is 5.78. The first-order valence-corrected chi connectivity index (χ1v) is 9.79. The average molecular weight is 418 g/mol. The summed E-state index contributed by atoms with van der Waals surface area (Å²) >= 11 is 1.05. The lowest BCUT2D eigenvalue weighted by molar-refractivity contribution is -0.115. The van der Waals surface area contributed by atoms with Crippen molar-refractivity contribution < 1.29 is 19.1 Å². The highest BCUT2D eigenvalue weighted by molar-refractivity contribution is 7.18. The first-order chi connectivity index (χ1) is 13.3. The number of thiophene rings is 1. The molecule has 8 heteroatoms. The van der Waals surface area contributed by atoms with Gasteiger partial charge in [-0.15, -0.1) is 11.3 Å². The highest BCUT2D eigenvalue weighted by Crippen LogP contribution is 2.33. The molecule has 3 N–H and O–H groups in total. The normalized spacial score (nSPS) is 11.6. The Morgan fingerprint density at radius 3 is 2.45 bits per heavy atom. The summed E-state index contributed by atoms with van der Waals surface area (Å²) in [6.07, 6.45) is -0.259. The van der Waals surface area contributed by atoms with Crippen LogP contribution in [-0.2, 0) is 16.6 Å². The van der Waals surface area contributed by atoms with Crippen LogP contribution >= 0.6 is 11.3 Å². The van der Waals surface area contributed by atoms with Crippen LogP contribution in [0, 0.1) is 17.1 Å². The number of anilines is 1. The molecular weight excluding hydrogens is 393 g/mol. The van der Waals surface area contributed by atoms with E-state index in [-0.39, 0.29) is 17.7 Å². The van der Waals surface area contributed by atoms with Crippen molar-refractivity contribution in [1.29, 1.82) is 5.26 Å². The SMILES string of the molecule is CC(C)(C#N)NC(=O)c1ccc(NC(=O)Cc2cc(O)c(C(C)(C)C)cc2F)s1. The molecule has 0 aliphatic heterocycles. The van der Waals surface area contributed by atoms with Gasteiger partial charge in [0.1, 0.15) is 17.1 Å². The third-order valence-corrected chi connectivity index (χ3v) is 5.12. The molecular formula is C21H24FN3O3S. The predicted octanol–water partition coefficient (Wildman–Crippen LogP) is 4.10. The molecule has 154 valence electrons. The predicted molar refractivity (Wildman–Crippen MR) is 111 cm³/mol. The van der Waals surface area contributed by atoms with Crippen molar-refractivity contribution in [1.82, 2.24) is 5.32 Å². The summed E-state index contributed by atoms with van der Waals surface area (Å²) < 4.78 is 14.4. The van der Waals surface area contributed by atoms with Gasteiger partial charge in [-0.05, 0) is 43.5 Å². The fourth-order valence-corrected chi connectivity index (χ4v) is 3.41. The quantitative estimate of drug-likeness (QED) is 0.681. The lowest BCUT2D eigenvalue weighted by atomic mass is 9.85. The van der Waals surface area contributed by atoms with Gasteiger partial charge in [0.25, 0.3) is 5.91 Å². The first kappa shape index (κ1) is 22.4. The molecule has 0 saturated carbocycles. The van der Waals surface area contributed by atoms with Crippen molar-refractivity contribution in [3.05, 3.63) is 46.1 Å². The number of nitriles is 1. The van der Waals surface area contributed by atoms with Gasteiger partial charge in [-0.3, -0.25) is 9.59 Å². The summed E-state index contributed by atoms with van der Waals surface area (Å²) in [5.74, 6) is -1.52. The lowest BCUT2D eigenvalue weighted by Crippen LogP contribution is -2.41. The maximum absolute atomic E-state index is 14.4. The number of nitrogens with one attached hydrogen (secondary N) is 2. The maximum Gasteiger partial charge on any atom is 0.262 e. The Balaban J connectivity index is 2.08. The second-order valence-electron chi connectivity index (χ2n) is 8.29. The average Bonchev–Trinajstić information content (AvgIpc) is 3.05. The summed E-state index contributed by atoms with van der Waals surface area (Å²) in [6, 6.07) is 7.60. The zero-order chi connectivity index (χ0) is 22.0. The number of carbonyl (C=O) groups is 2. The van der Waals surface area contributed by atoms with Gasteiger partial charge in [0.05, 0.1) is 22.4 Å². The van der Waals surface area contributed by atoms with Crippen molar-refractivity contribution in [3.63, 3.8) is 0 Å². The molecule has 2 rings (SSSR count). The molecule has 1 aromatic heterocycles. The van der Waals surface area contributed by atoms with Crippen LogP contribution in [0.2, 0.25) is 0 Å². The minimum atomic E-state index is -1.01. The Morgan fingerprint density at radius 2 is 1.86 bits per heavy atom. The zero-order valence-corrected chi connectivity index (χ0v) is 17.8. The second-order valence-corrected chi connectivity index (χ2v) is 9.37. The van der Waals surface area contributed by atoms with Gasteiger partial charge in [0.15, 0.2) is 0 Å². The molecule has 1 aromatic carbocycles. The molecule has 29 heavy (non-hydrogen) atoms. The number of nitrogens with zero attached hydrogens (tertiary/aromatic N) is 1. The first-order valence-electron chi connectivity index (χ1n) is 8.98. The van der Waals surface area contributed by atoms with E-state index in [9.17, 15) is 19.1 Å². The summed E-state index contributed by atoms with van der Waals surface area (Å²) in [5, 5.41) is 24.8. The Bertz CT molecular complexity index is 984. The van der Waals surface area contributed by atoms with Crippen LogP contribution in [-0.4, -0.2) is 22.5 Å². The van der Waals surface area contributed by atoms with E-state index in [0.29, 0.717) is 15.4 Å². The van der Waals surface area contributed by atoms with Gasteiger partial charge >= 0.3 is 0 Å². The van der Waals surface area contributed by atoms with E-state index in [1.807, 2.05) is 26.8 Å². The Kier molecular flexibility index (Phi) is 6.34. The number of aromatic hydroxyl groups is 1. The van der Waals surface area contributed by atoms with Crippen molar-refractivity contribution in [2.45, 2.75) is 52.0 Å². The minimum absolute atomic E-state index is 0.0584. The van der Waals surface area contributed by atoms with E-state index < -0.39 is 28.6 Å². The van der Waals surface area contributed by atoms with E-state index in [1.165, 1.54) is 18.2 Å². The number of hydrogen-bond acceptors (Lipinski definition) is 5. The molecule has 2 aromatic rings. The minimum Gasteiger partial charge on any atom is -0.508 e. The van der Waals surface area contributed by atoms with E-state index in [4.69, 9.17) is 5.26 Å². The highest BCUT2D eigenvalue weighted by Gasteiger charge is 2.23. The fourth-order valence-electron chi connectivity index (χ4n) is 2.60. The number of benzene rings is 1. The molecule has 1 heterocycles. The van der Waals surface area contributed by atoms with E-state index >= 15 is 0 Å². The topological polar surface area (TPSA) is 102 Å². The van der Waals surface area contributed by atoms with Gasteiger partial charge in [-0.1, -0.05) is 20.8 Å². The van der Waals surface area contributed by atoms with Crippen LogP contribution in [0.1, 0.15) is 55.4 Å². The van der Waals surface area contributed by atoms with Gasteiger partial charge < -0.3 is 15.7 Å². The van der Waals surface area contributed by atoms with Crippen molar-refractivity contribution in [3.8, 4) is 11.8 Å². The second kappa shape index (κ2) is 8.21. The maximum atomic E-state index is 14.4. The van der Waals surface area contributed by atoms with E-state index in [2.05, 4.69) is 10.6 Å². The van der Waals surface area contributed by atoms with Crippen LogP contribution in [0.3, 0.4) is 0 Å². The van der Waals surface area contributed by atoms with Gasteiger partial charge in [-0.25, -0.2) is 4.39 Å². The van der Waals surface area contributed by atoms with E-state index in [0.717, 1.165) is 11.3 Å². The van der Waals surface area contributed by atoms with Crippen LogP contribution in [0.15, 0.2) is 24.3 Å². The molecule has 0 radical (unpaired) electrons. The van der Waals surface area contributed by atoms with Crippen molar-refractivity contribution >= 4 is 28.2 Å². The van der Waals surface area contributed by atoms with Crippen LogP contribution in [0.4, 0.5) is 9.39 Å². The van der Waals surface area contributed by atoms with Crippen molar-refractivity contribution in [2.75, 3.05) is 5.32 Å². The van der Waals surface area contributed by atoms with E-state index in [1.54, 1.807) is 19.9 Å². The summed E-state index contributed by atoms with van der Waals surface area (Å²) in [5.41, 5.74) is -0.894. The van der Waals surface area contributed by atoms with Crippen LogP contribution < -0.4 is 10.6 Å². The molecule has 0 aliphatic rings. The van der Waals surface area contributed by atoms with Crippen LogP contribution in [0.25, 0.3) is 0 Å². The monoisotopic (exact) mass is 417 g/mol. The number of amides is 2. The summed E-state index contributed by atoms with van der Waals surface area (Å²) in [7, 11) is 0. The number of hydrogen-bond donors (Lipinski definition) is 3. The molecule has 0 fully saturated rings. The summed E-state index contributed by atoms with van der Waals surface area (Å²) in [6.45, 7) is 8.73. The third-order valence-electron chi connectivity index (χ3n) is 4.12. The lowest BCUT2D eigenvalue weighted by Gasteiger charge is -2.21. The zero-order valence-electron chi connectivity index (χ0n) is 17.0. The largest absolute Gasteiger partial charge is 0.508 e. The van der Waals surface area contributed by atoms with Crippen molar-refractivity contribution in [2.24, 2.45) is 0 Å². The number of phenolic OH excluding ortho intramolecular Hbond substituents is 1. The number of carbonyl (C=O) groups excluding carboxylic acids is 2. The molecule has 0 bridgehead atoms. The molecule has 0 spiro atoms. The molecule has 0 saturated heterocycles. The summed E-state index contributed by atoms with van der Waals surface area (Å²) in [4.78, 5) is 24.8. The Morgan fingerprint density at radius 1 is 1.21 bits per heavy atom. The smallest absolute Gasteiger partial charge is 0.262 e. The molecule has 0 unspecified atom stereocenters. The molecule has 2 amide bonds.